The van der Waals surface area contributed by atoms with Crippen LogP contribution in [-0.4, -0.2) is 28.1 Å². The summed E-state index contributed by atoms with van der Waals surface area (Å²) in [5.74, 6) is -0.0955. The maximum Gasteiger partial charge on any atom is 0.412 e. The summed E-state index contributed by atoms with van der Waals surface area (Å²) in [6.07, 6.45) is -0.783. The minimum absolute atomic E-state index is 0.0216. The highest BCUT2D eigenvalue weighted by molar-refractivity contribution is 6.29. The fourth-order valence-electron chi connectivity index (χ4n) is 0.713. The quantitative estimate of drug-likeness (QED) is 0.470. The van der Waals surface area contributed by atoms with Crippen LogP contribution in [0.25, 0.3) is 0 Å². The van der Waals surface area contributed by atoms with Gasteiger partial charge in [-0.05, 0) is 0 Å². The van der Waals surface area contributed by atoms with Gasteiger partial charge in [0.25, 0.3) is 5.62 Å². The van der Waals surface area contributed by atoms with Crippen LogP contribution in [0.5, 0.6) is 0 Å². The van der Waals surface area contributed by atoms with Gasteiger partial charge in [0, 0.05) is 6.07 Å². The molecule has 1 rings (SSSR count). The van der Waals surface area contributed by atoms with Crippen molar-refractivity contribution in [2.24, 2.45) is 0 Å². The first kappa shape index (κ1) is 10.3. The molecule has 0 fully saturated rings. The Kier molecular flexibility index (Phi) is 2.92. The second kappa shape index (κ2) is 3.97. The average molecular weight is 219 g/mol. The second-order valence-corrected chi connectivity index (χ2v) is 2.60. The smallest absolute Gasteiger partial charge is 0.412 e. The molecule has 0 radical (unpaired) electrons. The van der Waals surface area contributed by atoms with E-state index < -0.39 is 11.7 Å². The predicted molar refractivity (Wildman–Crippen MR) is 46.3 cm³/mol. The van der Waals surface area contributed by atoms with Gasteiger partial charge in [0.2, 0.25) is 0 Å². The van der Waals surface area contributed by atoms with Crippen molar-refractivity contribution in [1.82, 2.24) is 9.71 Å². The number of amides is 1. The summed E-state index contributed by atoms with van der Waals surface area (Å²) in [5, 5.41) is 18.5. The number of hydrogen-bond acceptors (Lipinski definition) is 5. The van der Waals surface area contributed by atoms with Gasteiger partial charge in [0.1, 0.15) is 5.15 Å². The van der Waals surface area contributed by atoms with Gasteiger partial charge in [0.05, 0.1) is 7.11 Å². The van der Waals surface area contributed by atoms with Gasteiger partial charge < -0.3 is 9.94 Å². The van der Waals surface area contributed by atoms with Crippen LogP contribution in [0, 0.1) is 5.41 Å². The monoisotopic (exact) mass is 218 g/mol. The van der Waals surface area contributed by atoms with Crippen molar-refractivity contribution in [3.8, 4) is 0 Å². The molecule has 0 aliphatic carbocycles. The number of carbonyl (C=O) groups is 1. The van der Waals surface area contributed by atoms with E-state index in [9.17, 15) is 10.0 Å². The van der Waals surface area contributed by atoms with Crippen molar-refractivity contribution in [3.05, 3.63) is 16.8 Å². The molecule has 0 aromatic carbocycles. The van der Waals surface area contributed by atoms with Crippen molar-refractivity contribution >= 4 is 23.5 Å². The molecule has 0 saturated carbocycles. The first-order valence-electron chi connectivity index (χ1n) is 3.43. The molecule has 0 spiro atoms. The van der Waals surface area contributed by atoms with Crippen LogP contribution in [0.15, 0.2) is 6.07 Å². The first-order chi connectivity index (χ1) is 6.54. The van der Waals surface area contributed by atoms with Crippen LogP contribution in [0.4, 0.5) is 10.6 Å². The van der Waals surface area contributed by atoms with Crippen LogP contribution < -0.4 is 10.9 Å². The number of hydrogen-bond donors (Lipinski definition) is 3. The number of anilines is 1. The third-order valence-electron chi connectivity index (χ3n) is 1.31. The molecule has 1 amide bonds. The van der Waals surface area contributed by atoms with Crippen molar-refractivity contribution in [2.45, 2.75) is 0 Å². The SMILES string of the molecule is COC(=O)Nc1cc(Cl)nc(=N)n1O. The van der Waals surface area contributed by atoms with E-state index in [4.69, 9.17) is 17.0 Å². The fourth-order valence-corrected chi connectivity index (χ4v) is 0.897. The standard InChI is InChI=1S/C6H7ClN4O3/c1-14-6(12)10-4-2-3(7)9-5(8)11(4)13/h2,8,13H,1H3,(H,10,12). The Balaban J connectivity index is 3.08. The predicted octanol–water partition coefficient (Wildman–Crippen LogP) is 0.432. The lowest BCUT2D eigenvalue weighted by atomic mass is 10.6. The van der Waals surface area contributed by atoms with Crippen LogP contribution in [0.1, 0.15) is 0 Å². The number of rotatable bonds is 1. The zero-order valence-electron chi connectivity index (χ0n) is 7.11. The van der Waals surface area contributed by atoms with E-state index in [-0.39, 0.29) is 11.0 Å². The molecule has 3 N–H and O–H groups in total. The molecule has 0 unspecified atom stereocenters. The van der Waals surface area contributed by atoms with Gasteiger partial charge in [0.15, 0.2) is 5.82 Å². The number of nitrogens with one attached hydrogen (secondary N) is 2. The first-order valence-corrected chi connectivity index (χ1v) is 3.81. The molecule has 8 heteroatoms. The second-order valence-electron chi connectivity index (χ2n) is 2.22. The number of aromatic nitrogens is 2. The largest absolute Gasteiger partial charge is 0.453 e. The number of halogens is 1. The molecular weight excluding hydrogens is 212 g/mol. The molecule has 0 aliphatic heterocycles. The summed E-state index contributed by atoms with van der Waals surface area (Å²) in [5.41, 5.74) is -0.496. The van der Waals surface area contributed by atoms with E-state index >= 15 is 0 Å². The van der Waals surface area contributed by atoms with E-state index in [0.29, 0.717) is 4.73 Å². The summed E-state index contributed by atoms with van der Waals surface area (Å²) >= 11 is 5.50. The molecule has 14 heavy (non-hydrogen) atoms. The maximum atomic E-state index is 10.8. The molecule has 76 valence electrons. The van der Waals surface area contributed by atoms with E-state index in [1.807, 2.05) is 0 Å². The molecule has 0 bridgehead atoms. The number of methoxy groups -OCH3 is 1. The lowest BCUT2D eigenvalue weighted by molar-refractivity contribution is 0.165. The Morgan fingerprint density at radius 1 is 1.86 bits per heavy atom. The minimum atomic E-state index is -0.783. The fraction of sp³-hybridized carbons (Fsp3) is 0.167. The number of ether oxygens (including phenoxy) is 1. The van der Waals surface area contributed by atoms with Gasteiger partial charge in [-0.15, -0.1) is 4.73 Å². The van der Waals surface area contributed by atoms with Gasteiger partial charge in [-0.25, -0.2) is 4.79 Å². The average Bonchev–Trinajstić information content (AvgIpc) is 2.13. The molecule has 7 nitrogen and oxygen atoms in total. The minimum Gasteiger partial charge on any atom is -0.453 e. The maximum absolute atomic E-state index is 10.8. The number of carbonyl (C=O) groups excluding carboxylic acids is 1. The normalized spacial score (nSPS) is 9.57. The topological polar surface area (TPSA) is 100 Å². The molecule has 0 atom stereocenters. The van der Waals surface area contributed by atoms with E-state index in [0.717, 1.165) is 0 Å². The molecule has 0 aliphatic rings. The van der Waals surface area contributed by atoms with Gasteiger partial charge >= 0.3 is 6.09 Å². The molecule has 1 aromatic rings. The zero-order valence-corrected chi connectivity index (χ0v) is 7.87. The lowest BCUT2D eigenvalue weighted by Crippen LogP contribution is -2.26. The Labute approximate surface area is 83.4 Å². The van der Waals surface area contributed by atoms with E-state index in [1.165, 1.54) is 13.2 Å². The molecule has 1 aromatic heterocycles. The van der Waals surface area contributed by atoms with E-state index in [1.54, 1.807) is 0 Å². The Bertz CT molecular complexity index is 416. The number of nitrogens with zero attached hydrogens (tertiary/aromatic N) is 2. The third-order valence-corrected chi connectivity index (χ3v) is 1.51. The highest BCUT2D eigenvalue weighted by Gasteiger charge is 2.07. The Hall–Kier alpha value is -1.76. The highest BCUT2D eigenvalue weighted by atomic mass is 35.5. The summed E-state index contributed by atoms with van der Waals surface area (Å²) in [7, 11) is 1.17. The van der Waals surface area contributed by atoms with Crippen LogP contribution in [0.3, 0.4) is 0 Å². The van der Waals surface area contributed by atoms with Crippen LogP contribution >= 0.6 is 11.6 Å². The van der Waals surface area contributed by atoms with E-state index in [2.05, 4.69) is 15.0 Å². The van der Waals surface area contributed by atoms with Gasteiger partial charge in [-0.1, -0.05) is 11.6 Å². The van der Waals surface area contributed by atoms with Crippen molar-refractivity contribution in [2.75, 3.05) is 12.4 Å². The Morgan fingerprint density at radius 2 is 2.50 bits per heavy atom. The lowest BCUT2D eigenvalue weighted by Gasteiger charge is -2.07. The van der Waals surface area contributed by atoms with Crippen LogP contribution in [-0.2, 0) is 4.74 Å². The summed E-state index contributed by atoms with van der Waals surface area (Å²) < 4.78 is 4.65. The van der Waals surface area contributed by atoms with Gasteiger partial charge in [-0.2, -0.15) is 4.98 Å². The zero-order chi connectivity index (χ0) is 10.7. The van der Waals surface area contributed by atoms with Crippen LogP contribution in [0.2, 0.25) is 5.15 Å². The van der Waals surface area contributed by atoms with Crippen molar-refractivity contribution in [3.63, 3.8) is 0 Å². The summed E-state index contributed by atoms with van der Waals surface area (Å²) in [6, 6.07) is 1.18. The highest BCUT2D eigenvalue weighted by Crippen LogP contribution is 2.08. The summed E-state index contributed by atoms with van der Waals surface area (Å²) in [4.78, 5) is 14.2. The summed E-state index contributed by atoms with van der Waals surface area (Å²) in [6.45, 7) is 0. The molecular formula is C6H7ClN4O3. The van der Waals surface area contributed by atoms with Crippen molar-refractivity contribution in [1.29, 1.82) is 5.41 Å². The molecule has 1 heterocycles. The molecule has 0 saturated heterocycles. The third kappa shape index (κ3) is 2.13. The Morgan fingerprint density at radius 3 is 3.07 bits per heavy atom. The van der Waals surface area contributed by atoms with Gasteiger partial charge in [-0.3, -0.25) is 10.7 Å². The van der Waals surface area contributed by atoms with Crippen molar-refractivity contribution < 1.29 is 14.7 Å².